The number of hydrogen-bond donors (Lipinski definition) is 0. The van der Waals surface area contributed by atoms with Crippen LogP contribution >= 0.6 is 47.0 Å². The maximum Gasteiger partial charge on any atom is 0.214 e. The summed E-state index contributed by atoms with van der Waals surface area (Å²) < 4.78 is 0. The molecule has 0 bridgehead atoms. The molecule has 0 saturated carbocycles. The fourth-order valence-electron chi connectivity index (χ4n) is 0.810. The van der Waals surface area contributed by atoms with Crippen molar-refractivity contribution in [3.63, 3.8) is 0 Å². The second-order valence-corrected chi connectivity index (χ2v) is 8.48. The van der Waals surface area contributed by atoms with Crippen molar-refractivity contribution in [3.8, 4) is 0 Å². The zero-order chi connectivity index (χ0) is 14.7. The summed E-state index contributed by atoms with van der Waals surface area (Å²) >= 11 is 6.31. The molecule has 0 radical (unpaired) electrons. The Balaban J connectivity index is 3.28. The van der Waals surface area contributed by atoms with E-state index >= 15 is 0 Å². The minimum atomic E-state index is 0.0861. The molecule has 19 heavy (non-hydrogen) atoms. The summed E-state index contributed by atoms with van der Waals surface area (Å²) in [5, 5.41) is 1.18. The monoisotopic (exact) mass is 336 g/mol. The van der Waals surface area contributed by atoms with Crippen LogP contribution in [0.5, 0.6) is 0 Å². The van der Waals surface area contributed by atoms with Crippen LogP contribution in [0.4, 0.5) is 0 Å². The highest BCUT2D eigenvalue weighted by Crippen LogP contribution is 2.17. The summed E-state index contributed by atoms with van der Waals surface area (Å²) in [6.45, 7) is 10.7. The Morgan fingerprint density at radius 2 is 1.16 bits per heavy atom. The molecule has 108 valence electrons. The van der Waals surface area contributed by atoms with E-state index in [9.17, 15) is 9.59 Å². The van der Waals surface area contributed by atoms with Crippen molar-refractivity contribution in [1.82, 2.24) is 0 Å². The molecule has 2 nitrogen and oxygen atoms in total. The van der Waals surface area contributed by atoms with Gasteiger partial charge in [-0.2, -0.15) is 23.5 Å². The lowest BCUT2D eigenvalue weighted by Crippen LogP contribution is -1.96. The van der Waals surface area contributed by atoms with E-state index in [0.29, 0.717) is 11.1 Å². The summed E-state index contributed by atoms with van der Waals surface area (Å²) in [6, 6.07) is 0. The zero-order valence-electron chi connectivity index (χ0n) is 11.4. The molecule has 0 aromatic heterocycles. The summed E-state index contributed by atoms with van der Waals surface area (Å²) in [4.78, 5) is 22.5. The van der Waals surface area contributed by atoms with Gasteiger partial charge in [0.25, 0.3) is 0 Å². The molecule has 0 fully saturated rings. The Labute approximate surface area is 133 Å². The Morgan fingerprint density at radius 1 is 0.789 bits per heavy atom. The van der Waals surface area contributed by atoms with Crippen LogP contribution in [0.3, 0.4) is 0 Å². The fraction of sp³-hybridized carbons (Fsp3) is 0.538. The van der Waals surface area contributed by atoms with Gasteiger partial charge in [-0.05, 0) is 25.0 Å². The number of carbonyl (C=O) groups excluding carboxylic acids is 2. The molecular formula is C13H20O2S4. The lowest BCUT2D eigenvalue weighted by atomic mass is 10.4. The predicted molar refractivity (Wildman–Crippen MR) is 94.3 cm³/mol. The Hall–Kier alpha value is 0.220. The van der Waals surface area contributed by atoms with E-state index in [1.54, 1.807) is 13.8 Å². The highest BCUT2D eigenvalue weighted by molar-refractivity contribution is 8.18. The molecule has 6 heteroatoms. The van der Waals surface area contributed by atoms with Gasteiger partial charge in [0.15, 0.2) is 0 Å². The second-order valence-electron chi connectivity index (χ2n) is 3.77. The van der Waals surface area contributed by atoms with Gasteiger partial charge in [-0.15, -0.1) is 0 Å². The molecule has 0 aromatic rings. The molecular weight excluding hydrogens is 316 g/mol. The molecule has 0 aliphatic carbocycles. The molecule has 0 rings (SSSR count). The van der Waals surface area contributed by atoms with E-state index in [4.69, 9.17) is 0 Å². The van der Waals surface area contributed by atoms with Crippen LogP contribution in [0.15, 0.2) is 24.3 Å². The van der Waals surface area contributed by atoms with Crippen molar-refractivity contribution in [3.05, 3.63) is 24.3 Å². The topological polar surface area (TPSA) is 34.1 Å². The van der Waals surface area contributed by atoms with Crippen LogP contribution in [-0.4, -0.2) is 38.3 Å². The van der Waals surface area contributed by atoms with Gasteiger partial charge in [0.05, 0.1) is 0 Å². The standard InChI is InChI=1S/C13H20O2S4/c1-10(2)12(14)18-7-5-16-9-17-6-8-19-13(15)11(3)4/h1,3,5-9H2,2,4H3. The van der Waals surface area contributed by atoms with Crippen LogP contribution in [0.2, 0.25) is 0 Å². The van der Waals surface area contributed by atoms with Crippen molar-refractivity contribution in [2.24, 2.45) is 0 Å². The maximum atomic E-state index is 11.2. The fourth-order valence-corrected chi connectivity index (χ4v) is 4.70. The van der Waals surface area contributed by atoms with Crippen molar-refractivity contribution in [1.29, 1.82) is 0 Å². The zero-order valence-corrected chi connectivity index (χ0v) is 14.7. The van der Waals surface area contributed by atoms with Crippen LogP contribution < -0.4 is 0 Å². The van der Waals surface area contributed by atoms with Gasteiger partial charge in [0.2, 0.25) is 10.2 Å². The van der Waals surface area contributed by atoms with Gasteiger partial charge in [0.1, 0.15) is 0 Å². The highest BCUT2D eigenvalue weighted by atomic mass is 32.2. The highest BCUT2D eigenvalue weighted by Gasteiger charge is 2.03. The number of carbonyl (C=O) groups is 2. The van der Waals surface area contributed by atoms with Gasteiger partial charge in [-0.25, -0.2) is 0 Å². The van der Waals surface area contributed by atoms with E-state index in [-0.39, 0.29) is 10.2 Å². The SMILES string of the molecule is C=C(C)C(=O)SCCSCSCCSC(=O)C(=C)C. The van der Waals surface area contributed by atoms with Crippen molar-refractivity contribution in [2.75, 3.05) is 28.1 Å². The number of thioether (sulfide) groups is 4. The average Bonchev–Trinajstić information content (AvgIpc) is 2.35. The Kier molecular flexibility index (Phi) is 12.1. The molecule has 0 amide bonds. The lowest BCUT2D eigenvalue weighted by Gasteiger charge is -2.02. The average molecular weight is 337 g/mol. The molecule has 0 heterocycles. The predicted octanol–water partition coefficient (Wildman–Crippen LogP) is 4.08. The van der Waals surface area contributed by atoms with Crippen molar-refractivity contribution < 1.29 is 9.59 Å². The molecule has 0 N–H and O–H groups in total. The minimum Gasteiger partial charge on any atom is -0.282 e. The Bertz CT molecular complexity index is 308. The van der Waals surface area contributed by atoms with Crippen LogP contribution in [0, 0.1) is 0 Å². The molecule has 0 saturated heterocycles. The molecule has 0 aromatic carbocycles. The molecule has 0 spiro atoms. The first-order valence-electron chi connectivity index (χ1n) is 5.76. The molecule has 0 aliphatic heterocycles. The quantitative estimate of drug-likeness (QED) is 0.340. The van der Waals surface area contributed by atoms with E-state index in [2.05, 4.69) is 13.2 Å². The first kappa shape index (κ1) is 19.2. The smallest absolute Gasteiger partial charge is 0.214 e. The molecule has 0 unspecified atom stereocenters. The van der Waals surface area contributed by atoms with Gasteiger partial charge in [-0.1, -0.05) is 36.7 Å². The Morgan fingerprint density at radius 3 is 1.47 bits per heavy atom. The molecule has 0 atom stereocenters. The summed E-state index contributed by atoms with van der Waals surface area (Å²) in [5.74, 6) is 3.60. The van der Waals surface area contributed by atoms with E-state index in [1.165, 1.54) is 23.5 Å². The summed E-state index contributed by atoms with van der Waals surface area (Å²) in [5.41, 5.74) is 1.23. The van der Waals surface area contributed by atoms with Crippen LogP contribution in [0.1, 0.15) is 13.8 Å². The van der Waals surface area contributed by atoms with Gasteiger partial charge in [0, 0.05) is 28.1 Å². The number of hydrogen-bond acceptors (Lipinski definition) is 6. The third kappa shape index (κ3) is 11.7. The summed E-state index contributed by atoms with van der Waals surface area (Å²) in [7, 11) is 0. The van der Waals surface area contributed by atoms with Crippen molar-refractivity contribution >= 4 is 57.3 Å². The largest absolute Gasteiger partial charge is 0.282 e. The minimum absolute atomic E-state index is 0.0861. The third-order valence-electron chi connectivity index (χ3n) is 1.79. The lowest BCUT2D eigenvalue weighted by molar-refractivity contribution is -0.108. The first-order valence-corrected chi connectivity index (χ1v) is 10.0. The third-order valence-corrected chi connectivity index (χ3v) is 6.66. The normalized spacial score (nSPS) is 10.2. The van der Waals surface area contributed by atoms with E-state index in [1.807, 2.05) is 23.5 Å². The molecule has 0 aliphatic rings. The van der Waals surface area contributed by atoms with Gasteiger partial charge >= 0.3 is 0 Å². The van der Waals surface area contributed by atoms with E-state index < -0.39 is 0 Å². The summed E-state index contributed by atoms with van der Waals surface area (Å²) in [6.07, 6.45) is 0. The van der Waals surface area contributed by atoms with Gasteiger partial charge < -0.3 is 0 Å². The first-order chi connectivity index (χ1) is 8.95. The van der Waals surface area contributed by atoms with Crippen LogP contribution in [-0.2, 0) is 9.59 Å². The van der Waals surface area contributed by atoms with Crippen LogP contribution in [0.25, 0.3) is 0 Å². The number of rotatable bonds is 10. The van der Waals surface area contributed by atoms with Crippen molar-refractivity contribution in [2.45, 2.75) is 13.8 Å². The maximum absolute atomic E-state index is 11.2. The second kappa shape index (κ2) is 12.0. The van der Waals surface area contributed by atoms with Gasteiger partial charge in [-0.3, -0.25) is 9.59 Å². The van der Waals surface area contributed by atoms with E-state index in [0.717, 1.165) is 28.1 Å².